The molecule has 4 nitrogen and oxygen atoms in total. The van der Waals surface area contributed by atoms with Crippen molar-refractivity contribution in [3.63, 3.8) is 0 Å². The first-order chi connectivity index (χ1) is 14.0. The molecule has 0 spiro atoms. The summed E-state index contributed by atoms with van der Waals surface area (Å²) < 4.78 is 2.23. The summed E-state index contributed by atoms with van der Waals surface area (Å²) in [6.07, 6.45) is 2.27. The van der Waals surface area contributed by atoms with Gasteiger partial charge in [-0.25, -0.2) is 4.98 Å². The molecule has 1 atom stereocenters. The van der Waals surface area contributed by atoms with Gasteiger partial charge in [-0.1, -0.05) is 55.8 Å². The minimum Gasteiger partial charge on any atom is -0.481 e. The average molecular weight is 386 g/mol. The van der Waals surface area contributed by atoms with E-state index in [1.54, 1.807) is 0 Å². The maximum atomic E-state index is 11.6. The largest absolute Gasteiger partial charge is 0.481 e. The Morgan fingerprint density at radius 1 is 1.10 bits per heavy atom. The molecule has 1 unspecified atom stereocenters. The molecule has 2 heterocycles. The van der Waals surface area contributed by atoms with Crippen molar-refractivity contribution in [3.05, 3.63) is 82.7 Å². The predicted octanol–water partition coefficient (Wildman–Crippen LogP) is 5.66. The zero-order valence-corrected chi connectivity index (χ0v) is 17.1. The van der Waals surface area contributed by atoms with Gasteiger partial charge >= 0.3 is 5.97 Å². The summed E-state index contributed by atoms with van der Waals surface area (Å²) in [6, 6.07) is 18.6. The molecule has 4 aromatic rings. The maximum absolute atomic E-state index is 11.6. The van der Waals surface area contributed by atoms with Gasteiger partial charge in [0.05, 0.1) is 11.4 Å². The van der Waals surface area contributed by atoms with E-state index in [4.69, 9.17) is 4.98 Å². The van der Waals surface area contributed by atoms with Crippen LogP contribution < -0.4 is 0 Å². The Morgan fingerprint density at radius 3 is 2.52 bits per heavy atom. The quantitative estimate of drug-likeness (QED) is 0.465. The van der Waals surface area contributed by atoms with E-state index in [0.717, 1.165) is 35.3 Å². The number of hydrogen-bond donors (Lipinski definition) is 1. The van der Waals surface area contributed by atoms with Crippen LogP contribution in [0.4, 0.5) is 0 Å². The SMILES string of the molecule is CCCC(C(=O)O)c1ccc(Cc2c3ccccc3n3c(C)cc(C)nc23)cc1. The molecule has 4 rings (SSSR count). The number of fused-ring (bicyclic) bond motifs is 3. The highest BCUT2D eigenvalue weighted by Gasteiger charge is 2.19. The summed E-state index contributed by atoms with van der Waals surface area (Å²) in [4.78, 5) is 16.4. The van der Waals surface area contributed by atoms with Crippen LogP contribution in [0.5, 0.6) is 0 Å². The zero-order chi connectivity index (χ0) is 20.5. The first-order valence-corrected chi connectivity index (χ1v) is 10.2. The standard InChI is InChI=1S/C25H26N2O2/c1-4-7-20(25(28)29)19-12-10-18(11-13-19)15-22-21-8-5-6-9-23(21)27-17(3)14-16(2)26-24(22)27/h5-6,8-14,20H,4,7,15H2,1-3H3,(H,28,29). The van der Waals surface area contributed by atoms with Crippen molar-refractivity contribution in [1.82, 2.24) is 9.38 Å². The van der Waals surface area contributed by atoms with E-state index in [-0.39, 0.29) is 0 Å². The summed E-state index contributed by atoms with van der Waals surface area (Å²) in [7, 11) is 0. The van der Waals surface area contributed by atoms with E-state index in [0.29, 0.717) is 6.42 Å². The lowest BCUT2D eigenvalue weighted by Crippen LogP contribution is -2.11. The Hall–Kier alpha value is -3.14. The number of benzene rings is 2. The summed E-state index contributed by atoms with van der Waals surface area (Å²) >= 11 is 0. The molecule has 2 aromatic carbocycles. The number of carboxylic acid groups (broad SMARTS) is 1. The highest BCUT2D eigenvalue weighted by molar-refractivity contribution is 5.91. The number of rotatable bonds is 6. The van der Waals surface area contributed by atoms with Crippen LogP contribution in [0.15, 0.2) is 54.6 Å². The molecule has 1 N–H and O–H groups in total. The van der Waals surface area contributed by atoms with Gasteiger partial charge in [0.15, 0.2) is 0 Å². The molecule has 0 saturated heterocycles. The van der Waals surface area contributed by atoms with E-state index in [9.17, 15) is 9.90 Å². The molecule has 0 aliphatic rings. The molecule has 148 valence electrons. The fourth-order valence-electron chi connectivity index (χ4n) is 4.30. The molecule has 0 fully saturated rings. The van der Waals surface area contributed by atoms with E-state index < -0.39 is 11.9 Å². The molecule has 29 heavy (non-hydrogen) atoms. The predicted molar refractivity (Wildman–Crippen MR) is 117 cm³/mol. The van der Waals surface area contributed by atoms with Crippen LogP contribution in [-0.4, -0.2) is 20.5 Å². The van der Waals surface area contributed by atoms with Crippen LogP contribution in [0.25, 0.3) is 16.6 Å². The van der Waals surface area contributed by atoms with E-state index in [1.165, 1.54) is 22.2 Å². The van der Waals surface area contributed by atoms with Gasteiger partial charge < -0.3 is 5.11 Å². The lowest BCUT2D eigenvalue weighted by molar-refractivity contribution is -0.139. The summed E-state index contributed by atoms with van der Waals surface area (Å²) in [5.74, 6) is -1.18. The minimum absolute atomic E-state index is 0.433. The Labute approximate surface area is 170 Å². The summed E-state index contributed by atoms with van der Waals surface area (Å²) in [5.41, 5.74) is 7.61. The van der Waals surface area contributed by atoms with Gasteiger partial charge in [0.1, 0.15) is 5.65 Å². The number of para-hydroxylation sites is 1. The Balaban J connectivity index is 1.77. The smallest absolute Gasteiger partial charge is 0.310 e. The van der Waals surface area contributed by atoms with Crippen LogP contribution in [0.2, 0.25) is 0 Å². The highest BCUT2D eigenvalue weighted by atomic mass is 16.4. The normalized spacial score (nSPS) is 12.5. The van der Waals surface area contributed by atoms with Crippen LogP contribution in [0.1, 0.15) is 53.8 Å². The maximum Gasteiger partial charge on any atom is 0.310 e. The Morgan fingerprint density at radius 2 is 1.83 bits per heavy atom. The number of carboxylic acids is 1. The van der Waals surface area contributed by atoms with Crippen molar-refractivity contribution in [2.75, 3.05) is 0 Å². The van der Waals surface area contributed by atoms with Crippen molar-refractivity contribution in [1.29, 1.82) is 0 Å². The van der Waals surface area contributed by atoms with Gasteiger partial charge in [-0.15, -0.1) is 0 Å². The topological polar surface area (TPSA) is 54.6 Å². The fraction of sp³-hybridized carbons (Fsp3) is 0.280. The lowest BCUT2D eigenvalue weighted by Gasteiger charge is -2.12. The van der Waals surface area contributed by atoms with E-state index in [1.807, 2.05) is 26.0 Å². The zero-order valence-electron chi connectivity index (χ0n) is 17.1. The number of aryl methyl sites for hydroxylation is 2. The molecule has 0 aliphatic heterocycles. The van der Waals surface area contributed by atoms with E-state index in [2.05, 4.69) is 53.8 Å². The van der Waals surface area contributed by atoms with Crippen molar-refractivity contribution in [2.24, 2.45) is 0 Å². The molecule has 2 aromatic heterocycles. The van der Waals surface area contributed by atoms with Gasteiger partial charge in [0.2, 0.25) is 0 Å². The number of aromatic nitrogens is 2. The number of aliphatic carboxylic acids is 1. The monoisotopic (exact) mass is 386 g/mol. The third-order valence-electron chi connectivity index (χ3n) is 5.64. The van der Waals surface area contributed by atoms with Crippen LogP contribution in [-0.2, 0) is 11.2 Å². The molecule has 0 saturated carbocycles. The van der Waals surface area contributed by atoms with Gasteiger partial charge in [0.25, 0.3) is 0 Å². The second kappa shape index (κ2) is 7.70. The first kappa shape index (κ1) is 19.2. The second-order valence-electron chi connectivity index (χ2n) is 7.79. The highest BCUT2D eigenvalue weighted by Crippen LogP contribution is 2.30. The third kappa shape index (κ3) is 3.51. The molecule has 0 amide bonds. The van der Waals surface area contributed by atoms with Crippen LogP contribution in [0, 0.1) is 13.8 Å². The number of carbonyl (C=O) groups is 1. The molecule has 0 aliphatic carbocycles. The van der Waals surface area contributed by atoms with Crippen LogP contribution in [0.3, 0.4) is 0 Å². The van der Waals surface area contributed by atoms with E-state index >= 15 is 0 Å². The van der Waals surface area contributed by atoms with Gasteiger partial charge in [-0.3, -0.25) is 9.20 Å². The number of hydrogen-bond acceptors (Lipinski definition) is 2. The molecule has 0 radical (unpaired) electrons. The van der Waals surface area contributed by atoms with Gasteiger partial charge in [-0.2, -0.15) is 0 Å². The molecule has 4 heteroatoms. The van der Waals surface area contributed by atoms with Gasteiger partial charge in [0, 0.05) is 28.8 Å². The van der Waals surface area contributed by atoms with Crippen LogP contribution >= 0.6 is 0 Å². The lowest BCUT2D eigenvalue weighted by atomic mass is 9.93. The van der Waals surface area contributed by atoms with Crippen molar-refractivity contribution in [2.45, 2.75) is 46.0 Å². The fourth-order valence-corrected chi connectivity index (χ4v) is 4.30. The van der Waals surface area contributed by atoms with Crippen molar-refractivity contribution < 1.29 is 9.90 Å². The Bertz CT molecular complexity index is 1190. The molecular formula is C25H26N2O2. The summed E-state index contributed by atoms with van der Waals surface area (Å²) in [6.45, 7) is 6.17. The average Bonchev–Trinajstić information content (AvgIpc) is 3.00. The Kier molecular flexibility index (Phi) is 5.10. The van der Waals surface area contributed by atoms with Crippen molar-refractivity contribution >= 4 is 22.5 Å². The minimum atomic E-state index is -0.751. The summed E-state index contributed by atoms with van der Waals surface area (Å²) in [5, 5.41) is 10.7. The first-order valence-electron chi connectivity index (χ1n) is 10.2. The second-order valence-corrected chi connectivity index (χ2v) is 7.79. The molecular weight excluding hydrogens is 360 g/mol. The number of nitrogens with zero attached hydrogens (tertiary/aromatic N) is 2. The van der Waals surface area contributed by atoms with Crippen molar-refractivity contribution in [3.8, 4) is 0 Å². The van der Waals surface area contributed by atoms with Gasteiger partial charge in [-0.05, 0) is 43.5 Å². The third-order valence-corrected chi connectivity index (χ3v) is 5.64. The molecule has 0 bridgehead atoms.